The fourth-order valence-corrected chi connectivity index (χ4v) is 2.78. The van der Waals surface area contributed by atoms with Crippen molar-refractivity contribution in [2.24, 2.45) is 5.84 Å². The van der Waals surface area contributed by atoms with Crippen molar-refractivity contribution in [1.82, 2.24) is 10.4 Å². The highest BCUT2D eigenvalue weighted by Crippen LogP contribution is 2.28. The third-order valence-corrected chi connectivity index (χ3v) is 4.18. The van der Waals surface area contributed by atoms with Gasteiger partial charge in [0.15, 0.2) is 0 Å². The maximum Gasteiger partial charge on any atom is 0.0735 e. The summed E-state index contributed by atoms with van der Waals surface area (Å²) in [6.45, 7) is 1.97. The maximum absolute atomic E-state index is 5.70. The van der Waals surface area contributed by atoms with Crippen molar-refractivity contribution in [2.45, 2.75) is 13.0 Å². The van der Waals surface area contributed by atoms with Gasteiger partial charge in [0.1, 0.15) is 0 Å². The smallest absolute Gasteiger partial charge is 0.0735 e. The van der Waals surface area contributed by atoms with Crippen LogP contribution in [0.4, 0.5) is 0 Å². The number of hydrogen-bond acceptors (Lipinski definition) is 3. The summed E-state index contributed by atoms with van der Waals surface area (Å²) in [5.74, 6) is 5.70. The summed E-state index contributed by atoms with van der Waals surface area (Å²) in [6.07, 6.45) is 1.86. The number of aryl methyl sites for hydroxylation is 1. The fraction of sp³-hybridized carbons (Fsp3) is 0.154. The number of rotatable bonds is 3. The number of nitrogens with two attached hydrogens (primary N) is 1. The Kier molecular flexibility index (Phi) is 4.71. The molecule has 2 rings (SSSR count). The number of aromatic nitrogens is 1. The summed E-state index contributed by atoms with van der Waals surface area (Å²) in [5.41, 5.74) is 6.05. The van der Waals surface area contributed by atoms with Gasteiger partial charge >= 0.3 is 0 Å². The van der Waals surface area contributed by atoms with E-state index in [1.54, 1.807) is 0 Å². The highest BCUT2D eigenvalue weighted by atomic mass is 127. The topological polar surface area (TPSA) is 50.9 Å². The van der Waals surface area contributed by atoms with Crippen molar-refractivity contribution in [1.29, 1.82) is 0 Å². The molecule has 2 aromatic rings. The Morgan fingerprint density at radius 2 is 2.11 bits per heavy atom. The van der Waals surface area contributed by atoms with Gasteiger partial charge in [-0.15, -0.1) is 0 Å². The molecule has 1 unspecified atom stereocenters. The predicted molar refractivity (Wildman–Crippen MR) is 85.0 cm³/mol. The lowest BCUT2D eigenvalue weighted by Crippen LogP contribution is -2.29. The lowest BCUT2D eigenvalue weighted by Gasteiger charge is -2.18. The molecule has 1 aromatic heterocycles. The van der Waals surface area contributed by atoms with Crippen molar-refractivity contribution in [2.75, 3.05) is 0 Å². The molecule has 5 heteroatoms. The molecule has 0 aliphatic carbocycles. The van der Waals surface area contributed by atoms with E-state index >= 15 is 0 Å². The number of hydrazine groups is 1. The van der Waals surface area contributed by atoms with E-state index in [9.17, 15) is 0 Å². The van der Waals surface area contributed by atoms with Crippen LogP contribution in [0.3, 0.4) is 0 Å². The van der Waals surface area contributed by atoms with Crippen molar-refractivity contribution in [3.63, 3.8) is 0 Å². The molecule has 0 radical (unpaired) electrons. The highest BCUT2D eigenvalue weighted by molar-refractivity contribution is 14.1. The SMILES string of the molecule is Cc1ccc(C(NN)c2cc(Br)ccc2I)cn1. The molecule has 0 fully saturated rings. The average Bonchev–Trinajstić information content (AvgIpc) is 2.37. The number of halogens is 2. The minimum Gasteiger partial charge on any atom is -0.271 e. The molecule has 18 heavy (non-hydrogen) atoms. The molecule has 3 nitrogen and oxygen atoms in total. The van der Waals surface area contributed by atoms with E-state index in [-0.39, 0.29) is 6.04 Å². The predicted octanol–water partition coefficient (Wildman–Crippen LogP) is 3.31. The van der Waals surface area contributed by atoms with E-state index in [0.29, 0.717) is 0 Å². The summed E-state index contributed by atoms with van der Waals surface area (Å²) in [7, 11) is 0. The summed E-state index contributed by atoms with van der Waals surface area (Å²) in [4.78, 5) is 4.32. The lowest BCUT2D eigenvalue weighted by molar-refractivity contribution is 0.631. The van der Waals surface area contributed by atoms with Crippen LogP contribution >= 0.6 is 38.5 Å². The number of nitrogens with one attached hydrogen (secondary N) is 1. The van der Waals surface area contributed by atoms with E-state index in [1.165, 1.54) is 3.57 Å². The van der Waals surface area contributed by atoms with Gasteiger partial charge < -0.3 is 0 Å². The summed E-state index contributed by atoms with van der Waals surface area (Å²) < 4.78 is 2.21. The fourth-order valence-electron chi connectivity index (χ4n) is 1.75. The first-order valence-corrected chi connectivity index (χ1v) is 7.32. The quantitative estimate of drug-likeness (QED) is 0.457. The van der Waals surface area contributed by atoms with Crippen LogP contribution in [-0.2, 0) is 0 Å². The van der Waals surface area contributed by atoms with Gasteiger partial charge in [-0.2, -0.15) is 0 Å². The molecule has 3 N–H and O–H groups in total. The Balaban J connectivity index is 2.44. The molecule has 0 spiro atoms. The van der Waals surface area contributed by atoms with Crippen LogP contribution in [0.15, 0.2) is 41.0 Å². The molecule has 0 saturated carbocycles. The van der Waals surface area contributed by atoms with Gasteiger partial charge in [0.25, 0.3) is 0 Å². The van der Waals surface area contributed by atoms with Crippen LogP contribution in [0.5, 0.6) is 0 Å². The largest absolute Gasteiger partial charge is 0.271 e. The first-order chi connectivity index (χ1) is 8.61. The van der Waals surface area contributed by atoms with E-state index in [0.717, 1.165) is 21.3 Å². The Morgan fingerprint density at radius 1 is 1.33 bits per heavy atom. The summed E-state index contributed by atoms with van der Waals surface area (Å²) >= 11 is 5.80. The van der Waals surface area contributed by atoms with Gasteiger partial charge in [0.2, 0.25) is 0 Å². The molecule has 94 valence electrons. The third kappa shape index (κ3) is 3.09. The number of hydrogen-bond donors (Lipinski definition) is 2. The van der Waals surface area contributed by atoms with Gasteiger partial charge in [0.05, 0.1) is 6.04 Å². The van der Waals surface area contributed by atoms with E-state index in [2.05, 4.69) is 61.1 Å². The van der Waals surface area contributed by atoms with Gasteiger partial charge in [-0.1, -0.05) is 22.0 Å². The van der Waals surface area contributed by atoms with Crippen LogP contribution in [0, 0.1) is 10.5 Å². The Hall–Kier alpha value is -0.500. The molecule has 0 bridgehead atoms. The van der Waals surface area contributed by atoms with Gasteiger partial charge in [-0.25, -0.2) is 5.43 Å². The molecule has 1 aromatic carbocycles. The average molecular weight is 418 g/mol. The second-order valence-corrected chi connectivity index (χ2v) is 6.08. The molecule has 0 amide bonds. The standard InChI is InChI=1S/C13H13BrIN3/c1-8-2-3-9(7-17-8)13(18-16)11-6-10(14)4-5-12(11)15/h2-7,13,18H,16H2,1H3. The molecule has 1 heterocycles. The third-order valence-electron chi connectivity index (χ3n) is 2.70. The molecule has 1 atom stereocenters. The lowest BCUT2D eigenvalue weighted by atomic mass is 10.0. The normalized spacial score (nSPS) is 12.4. The van der Waals surface area contributed by atoms with Crippen molar-refractivity contribution < 1.29 is 0 Å². The number of pyridine rings is 1. The summed E-state index contributed by atoms with van der Waals surface area (Å²) in [6, 6.07) is 10.1. The Morgan fingerprint density at radius 3 is 2.72 bits per heavy atom. The molecule has 0 aliphatic rings. The Bertz CT molecular complexity index is 542. The van der Waals surface area contributed by atoms with E-state index in [1.807, 2.05) is 31.3 Å². The van der Waals surface area contributed by atoms with Crippen LogP contribution in [0.25, 0.3) is 0 Å². The maximum atomic E-state index is 5.70. The highest BCUT2D eigenvalue weighted by Gasteiger charge is 2.15. The first kappa shape index (κ1) is 13.9. The van der Waals surface area contributed by atoms with Crippen molar-refractivity contribution >= 4 is 38.5 Å². The van der Waals surface area contributed by atoms with Gasteiger partial charge in [-0.3, -0.25) is 10.8 Å². The van der Waals surface area contributed by atoms with Crippen LogP contribution in [0.1, 0.15) is 22.9 Å². The second kappa shape index (κ2) is 6.10. The molecule has 0 aliphatic heterocycles. The van der Waals surface area contributed by atoms with E-state index < -0.39 is 0 Å². The first-order valence-electron chi connectivity index (χ1n) is 5.45. The summed E-state index contributed by atoms with van der Waals surface area (Å²) in [5, 5.41) is 0. The zero-order valence-electron chi connectivity index (χ0n) is 9.82. The number of benzene rings is 1. The molecular weight excluding hydrogens is 405 g/mol. The minimum atomic E-state index is -0.0532. The number of nitrogens with zero attached hydrogens (tertiary/aromatic N) is 1. The minimum absolute atomic E-state index is 0.0532. The van der Waals surface area contributed by atoms with Crippen molar-refractivity contribution in [3.8, 4) is 0 Å². The van der Waals surface area contributed by atoms with Crippen LogP contribution < -0.4 is 11.3 Å². The zero-order valence-corrected chi connectivity index (χ0v) is 13.6. The van der Waals surface area contributed by atoms with Crippen LogP contribution in [-0.4, -0.2) is 4.98 Å². The molecular formula is C13H13BrIN3. The van der Waals surface area contributed by atoms with E-state index in [4.69, 9.17) is 5.84 Å². The molecule has 0 saturated heterocycles. The Labute approximate surface area is 128 Å². The monoisotopic (exact) mass is 417 g/mol. The van der Waals surface area contributed by atoms with Gasteiger partial charge in [-0.05, 0) is 64.9 Å². The van der Waals surface area contributed by atoms with Crippen LogP contribution in [0.2, 0.25) is 0 Å². The van der Waals surface area contributed by atoms with Crippen molar-refractivity contribution in [3.05, 3.63) is 61.4 Å². The zero-order chi connectivity index (χ0) is 13.1. The van der Waals surface area contributed by atoms with Gasteiger partial charge in [0, 0.05) is 19.9 Å². The second-order valence-electron chi connectivity index (χ2n) is 4.00.